The van der Waals surface area contributed by atoms with Gasteiger partial charge in [0.05, 0.1) is 25.0 Å². The van der Waals surface area contributed by atoms with E-state index in [1.165, 1.54) is 4.90 Å². The van der Waals surface area contributed by atoms with E-state index in [1.54, 1.807) is 11.9 Å². The lowest BCUT2D eigenvalue weighted by atomic mass is 9.92. The smallest absolute Gasteiger partial charge is 0.308 e. The fraction of sp³-hybridized carbons (Fsp3) is 0.526. The Kier molecular flexibility index (Phi) is 5.44. The van der Waals surface area contributed by atoms with Crippen LogP contribution in [0.1, 0.15) is 30.7 Å². The highest BCUT2D eigenvalue weighted by Crippen LogP contribution is 2.34. The number of carbonyl (C=O) groups is 3. The summed E-state index contributed by atoms with van der Waals surface area (Å²) >= 11 is 0. The van der Waals surface area contributed by atoms with Gasteiger partial charge in [-0.25, -0.2) is 0 Å². The third-order valence-corrected chi connectivity index (χ3v) is 5.13. The van der Waals surface area contributed by atoms with E-state index in [4.69, 9.17) is 9.84 Å². The number of aliphatic carboxylic acids is 1. The minimum Gasteiger partial charge on any atom is -0.493 e. The number of carboxylic acid groups (broad SMARTS) is 1. The fourth-order valence-corrected chi connectivity index (χ4v) is 3.65. The molecule has 1 fully saturated rings. The number of para-hydroxylation sites is 1. The molecule has 7 heteroatoms. The molecule has 2 unspecified atom stereocenters. The molecule has 7 nitrogen and oxygen atoms in total. The third-order valence-electron chi connectivity index (χ3n) is 5.13. The van der Waals surface area contributed by atoms with Gasteiger partial charge in [0.2, 0.25) is 11.8 Å². The number of ether oxygens (including phenoxy) is 1. The summed E-state index contributed by atoms with van der Waals surface area (Å²) in [6.45, 7) is 1.20. The molecule has 2 aliphatic heterocycles. The Morgan fingerprint density at radius 3 is 2.81 bits per heavy atom. The first-order valence-corrected chi connectivity index (χ1v) is 8.94. The van der Waals surface area contributed by atoms with E-state index in [0.717, 1.165) is 11.3 Å². The summed E-state index contributed by atoms with van der Waals surface area (Å²) in [6, 6.07) is 7.47. The monoisotopic (exact) mass is 360 g/mol. The molecular formula is C19H24N2O5. The number of likely N-dealkylation sites (N-methyl/N-ethyl adjacent to an activating group) is 1. The zero-order valence-electron chi connectivity index (χ0n) is 14.9. The van der Waals surface area contributed by atoms with Gasteiger partial charge in [-0.2, -0.15) is 0 Å². The van der Waals surface area contributed by atoms with E-state index in [2.05, 4.69) is 0 Å². The maximum atomic E-state index is 12.9. The minimum absolute atomic E-state index is 0.0370. The molecule has 2 heterocycles. The standard InChI is InChI=1S/C19H24N2O5/c1-20(12-17(22)21-9-4-5-13(11-21)19(24)25)18(23)15-8-10-26-16-7-3-2-6-14(15)16/h2-3,6-7,13,15H,4-5,8-12H2,1H3,(H,24,25). The van der Waals surface area contributed by atoms with E-state index in [1.807, 2.05) is 24.3 Å². The fourth-order valence-electron chi connectivity index (χ4n) is 3.65. The van der Waals surface area contributed by atoms with Crippen LogP contribution >= 0.6 is 0 Å². The zero-order chi connectivity index (χ0) is 18.7. The van der Waals surface area contributed by atoms with Gasteiger partial charge in [0, 0.05) is 25.7 Å². The van der Waals surface area contributed by atoms with E-state index < -0.39 is 11.9 Å². The quantitative estimate of drug-likeness (QED) is 0.875. The Morgan fingerprint density at radius 2 is 2.04 bits per heavy atom. The highest BCUT2D eigenvalue weighted by atomic mass is 16.5. The highest BCUT2D eigenvalue weighted by Gasteiger charge is 2.32. The second kappa shape index (κ2) is 7.76. The number of benzene rings is 1. The van der Waals surface area contributed by atoms with Crippen molar-refractivity contribution in [3.05, 3.63) is 29.8 Å². The van der Waals surface area contributed by atoms with E-state index in [9.17, 15) is 14.4 Å². The van der Waals surface area contributed by atoms with Gasteiger partial charge in [-0.1, -0.05) is 18.2 Å². The minimum atomic E-state index is -0.870. The Morgan fingerprint density at radius 1 is 1.27 bits per heavy atom. The molecule has 0 aliphatic carbocycles. The van der Waals surface area contributed by atoms with Crippen LogP contribution in [-0.4, -0.2) is 66.0 Å². The van der Waals surface area contributed by atoms with E-state index in [-0.39, 0.29) is 30.8 Å². The second-order valence-corrected chi connectivity index (χ2v) is 6.94. The van der Waals surface area contributed by atoms with Crippen LogP contribution in [0.4, 0.5) is 0 Å². The van der Waals surface area contributed by atoms with E-state index >= 15 is 0 Å². The molecule has 0 aromatic heterocycles. The first-order chi connectivity index (χ1) is 12.5. The maximum Gasteiger partial charge on any atom is 0.308 e. The van der Waals surface area contributed by atoms with Crippen LogP contribution in [0, 0.1) is 5.92 Å². The molecule has 0 spiro atoms. The van der Waals surface area contributed by atoms with Gasteiger partial charge in [-0.15, -0.1) is 0 Å². The van der Waals surface area contributed by atoms with Crippen molar-refractivity contribution >= 4 is 17.8 Å². The molecule has 2 atom stereocenters. The van der Waals surface area contributed by atoms with Gasteiger partial charge >= 0.3 is 5.97 Å². The van der Waals surface area contributed by atoms with Crippen molar-refractivity contribution in [2.24, 2.45) is 5.92 Å². The maximum absolute atomic E-state index is 12.9. The number of likely N-dealkylation sites (tertiary alicyclic amines) is 1. The number of carboxylic acids is 1. The number of hydrogen-bond acceptors (Lipinski definition) is 4. The molecule has 1 aromatic carbocycles. The predicted octanol–water partition coefficient (Wildman–Crippen LogP) is 1.33. The van der Waals surface area contributed by atoms with Crippen molar-refractivity contribution in [2.45, 2.75) is 25.2 Å². The average Bonchev–Trinajstić information content (AvgIpc) is 2.67. The van der Waals surface area contributed by atoms with Gasteiger partial charge < -0.3 is 19.6 Å². The zero-order valence-corrected chi connectivity index (χ0v) is 14.9. The van der Waals surface area contributed by atoms with Crippen LogP contribution in [0.5, 0.6) is 5.75 Å². The molecule has 0 radical (unpaired) electrons. The lowest BCUT2D eigenvalue weighted by molar-refractivity contribution is -0.147. The van der Waals surface area contributed by atoms with Gasteiger partial charge in [0.1, 0.15) is 5.75 Å². The topological polar surface area (TPSA) is 87.2 Å². The molecule has 1 saturated heterocycles. The summed E-state index contributed by atoms with van der Waals surface area (Å²) in [7, 11) is 1.62. The van der Waals surface area contributed by atoms with Gasteiger partial charge in [-0.3, -0.25) is 14.4 Å². The number of fused-ring (bicyclic) bond motifs is 1. The number of piperidine rings is 1. The number of amides is 2. The SMILES string of the molecule is CN(CC(=O)N1CCCC(C(=O)O)C1)C(=O)C1CCOc2ccccc21. The Hall–Kier alpha value is -2.57. The molecule has 2 aliphatic rings. The Balaban J connectivity index is 1.63. The van der Waals surface area contributed by atoms with Crippen molar-refractivity contribution in [3.63, 3.8) is 0 Å². The number of rotatable bonds is 4. The average molecular weight is 360 g/mol. The van der Waals surface area contributed by atoms with E-state index in [0.29, 0.717) is 32.4 Å². The first-order valence-electron chi connectivity index (χ1n) is 8.94. The number of nitrogens with zero attached hydrogens (tertiary/aromatic N) is 2. The van der Waals surface area contributed by atoms with Gasteiger partial charge in [0.25, 0.3) is 0 Å². The summed E-state index contributed by atoms with van der Waals surface area (Å²) in [4.78, 5) is 39.5. The molecule has 1 aromatic rings. The van der Waals surface area contributed by atoms with Crippen molar-refractivity contribution in [1.29, 1.82) is 0 Å². The first kappa shape index (κ1) is 18.2. The van der Waals surface area contributed by atoms with Crippen LogP contribution in [0.25, 0.3) is 0 Å². The van der Waals surface area contributed by atoms with Crippen LogP contribution in [0.2, 0.25) is 0 Å². The summed E-state index contributed by atoms with van der Waals surface area (Å²) in [6.07, 6.45) is 1.85. The molecule has 26 heavy (non-hydrogen) atoms. The van der Waals surface area contributed by atoms with Crippen LogP contribution in [0.15, 0.2) is 24.3 Å². The molecule has 0 saturated carbocycles. The molecular weight excluding hydrogens is 336 g/mol. The molecule has 2 amide bonds. The Labute approximate surface area is 152 Å². The largest absolute Gasteiger partial charge is 0.493 e. The molecule has 3 rings (SSSR count). The second-order valence-electron chi connectivity index (χ2n) is 6.94. The molecule has 140 valence electrons. The lowest BCUT2D eigenvalue weighted by Crippen LogP contribution is -2.47. The normalized spacial score (nSPS) is 22.1. The van der Waals surface area contributed by atoms with Crippen molar-refractivity contribution in [2.75, 3.05) is 33.3 Å². The number of hydrogen-bond donors (Lipinski definition) is 1. The van der Waals surface area contributed by atoms with Crippen molar-refractivity contribution < 1.29 is 24.2 Å². The summed E-state index contributed by atoms with van der Waals surface area (Å²) < 4.78 is 5.59. The lowest BCUT2D eigenvalue weighted by Gasteiger charge is -2.33. The van der Waals surface area contributed by atoms with Gasteiger partial charge in [-0.05, 0) is 25.3 Å². The van der Waals surface area contributed by atoms with Crippen LogP contribution < -0.4 is 4.74 Å². The van der Waals surface area contributed by atoms with Crippen molar-refractivity contribution in [1.82, 2.24) is 9.80 Å². The van der Waals surface area contributed by atoms with Crippen molar-refractivity contribution in [3.8, 4) is 5.75 Å². The molecule has 0 bridgehead atoms. The molecule has 1 N–H and O–H groups in total. The third kappa shape index (κ3) is 3.81. The Bertz CT molecular complexity index is 705. The predicted molar refractivity (Wildman–Crippen MR) is 93.9 cm³/mol. The van der Waals surface area contributed by atoms with Crippen LogP contribution in [0.3, 0.4) is 0 Å². The highest BCUT2D eigenvalue weighted by molar-refractivity contribution is 5.89. The van der Waals surface area contributed by atoms with Crippen LogP contribution in [-0.2, 0) is 14.4 Å². The summed E-state index contributed by atoms with van der Waals surface area (Å²) in [5.41, 5.74) is 0.854. The van der Waals surface area contributed by atoms with Gasteiger partial charge in [0.15, 0.2) is 0 Å². The summed E-state index contributed by atoms with van der Waals surface area (Å²) in [5, 5.41) is 9.16. The number of carbonyl (C=O) groups excluding carboxylic acids is 2. The summed E-state index contributed by atoms with van der Waals surface area (Å²) in [5.74, 6) is -1.29.